The van der Waals surface area contributed by atoms with Crippen LogP contribution in [0.4, 0.5) is 0 Å². The second kappa shape index (κ2) is 7.85. The van der Waals surface area contributed by atoms with E-state index in [-0.39, 0.29) is 4.90 Å². The molecule has 1 fully saturated rings. The number of aromatic nitrogens is 3. The van der Waals surface area contributed by atoms with Crippen LogP contribution in [0.3, 0.4) is 0 Å². The molecule has 1 aliphatic heterocycles. The summed E-state index contributed by atoms with van der Waals surface area (Å²) >= 11 is 0. The zero-order valence-corrected chi connectivity index (χ0v) is 15.1. The van der Waals surface area contributed by atoms with Crippen LogP contribution < -0.4 is 5.48 Å². The molecule has 2 aromatic rings. The van der Waals surface area contributed by atoms with Gasteiger partial charge in [-0.2, -0.15) is 5.10 Å². The van der Waals surface area contributed by atoms with Gasteiger partial charge in [-0.3, -0.25) is 9.48 Å². The topological polar surface area (TPSA) is 104 Å². The fourth-order valence-electron chi connectivity index (χ4n) is 2.43. The summed E-state index contributed by atoms with van der Waals surface area (Å²) in [5.74, 6) is -0.456. The molecule has 140 valence electrons. The molecule has 1 amide bonds. The lowest BCUT2D eigenvalue weighted by atomic mass is 10.2. The van der Waals surface area contributed by atoms with Gasteiger partial charge in [0.25, 0.3) is 15.9 Å². The van der Waals surface area contributed by atoms with E-state index in [2.05, 4.69) is 10.6 Å². The van der Waals surface area contributed by atoms with Gasteiger partial charge >= 0.3 is 0 Å². The number of hydrogen-bond acceptors (Lipinski definition) is 6. The summed E-state index contributed by atoms with van der Waals surface area (Å²) in [6.07, 6.45) is 10.6. The van der Waals surface area contributed by atoms with Gasteiger partial charge in [0.15, 0.2) is 6.29 Å². The highest BCUT2D eigenvalue weighted by Crippen LogP contribution is 2.15. The van der Waals surface area contributed by atoms with Crippen LogP contribution in [0.5, 0.6) is 0 Å². The second-order valence-corrected chi connectivity index (χ2v) is 7.69. The molecule has 1 saturated heterocycles. The van der Waals surface area contributed by atoms with Crippen molar-refractivity contribution in [3.05, 3.63) is 42.5 Å². The number of hydroxylamine groups is 1. The standard InChI is InChI=1S/C16H20N4O5S/c1-19-12-14(10-17-19)26(22,23)20-8-7-13(11-20)5-6-15(21)18-25-16-4-2-3-9-24-16/h5-8,10-12,16H,2-4,9H2,1H3,(H,18,21). The maximum absolute atomic E-state index is 12.4. The molecular formula is C16H20N4O5S. The molecule has 1 aliphatic rings. The van der Waals surface area contributed by atoms with Crippen LogP contribution in [0.15, 0.2) is 41.8 Å². The molecule has 26 heavy (non-hydrogen) atoms. The predicted molar refractivity (Wildman–Crippen MR) is 92.1 cm³/mol. The SMILES string of the molecule is Cn1cc(S(=O)(=O)n2ccc(C=CC(=O)NOC3CCCCO3)c2)cn1. The zero-order valence-electron chi connectivity index (χ0n) is 14.2. The summed E-state index contributed by atoms with van der Waals surface area (Å²) in [4.78, 5) is 17.0. The minimum Gasteiger partial charge on any atom is -0.350 e. The molecule has 0 bridgehead atoms. The fraction of sp³-hybridized carbons (Fsp3) is 0.375. The number of nitrogens with one attached hydrogen (secondary N) is 1. The van der Waals surface area contributed by atoms with Crippen molar-refractivity contribution in [3.63, 3.8) is 0 Å². The molecule has 2 aromatic heterocycles. The Labute approximate surface area is 151 Å². The number of nitrogens with zero attached hydrogens (tertiary/aromatic N) is 3. The number of rotatable bonds is 6. The number of ether oxygens (including phenoxy) is 1. The Kier molecular flexibility index (Phi) is 5.55. The molecule has 1 atom stereocenters. The Bertz CT molecular complexity index is 893. The van der Waals surface area contributed by atoms with E-state index < -0.39 is 22.2 Å². The number of hydrogen-bond donors (Lipinski definition) is 1. The summed E-state index contributed by atoms with van der Waals surface area (Å²) in [6, 6.07) is 1.59. The molecule has 0 radical (unpaired) electrons. The van der Waals surface area contributed by atoms with E-state index in [1.807, 2.05) is 0 Å². The van der Waals surface area contributed by atoms with Crippen molar-refractivity contribution in [3.8, 4) is 0 Å². The van der Waals surface area contributed by atoms with Crippen LogP contribution in [0.2, 0.25) is 0 Å². The highest BCUT2D eigenvalue weighted by atomic mass is 32.2. The molecule has 3 rings (SSSR count). The van der Waals surface area contributed by atoms with E-state index in [1.54, 1.807) is 13.1 Å². The van der Waals surface area contributed by atoms with E-state index in [1.165, 1.54) is 41.6 Å². The summed E-state index contributed by atoms with van der Waals surface area (Å²) in [5.41, 5.74) is 2.86. The Hall–Kier alpha value is -2.43. The van der Waals surface area contributed by atoms with Gasteiger partial charge in [0, 0.05) is 44.7 Å². The average molecular weight is 380 g/mol. The Morgan fingerprint density at radius 1 is 1.42 bits per heavy atom. The van der Waals surface area contributed by atoms with Gasteiger partial charge in [0.2, 0.25) is 0 Å². The smallest absolute Gasteiger partial charge is 0.270 e. The fourth-order valence-corrected chi connectivity index (χ4v) is 3.62. The molecule has 3 heterocycles. The van der Waals surface area contributed by atoms with E-state index >= 15 is 0 Å². The Balaban J connectivity index is 1.59. The van der Waals surface area contributed by atoms with E-state index in [9.17, 15) is 13.2 Å². The third-order valence-electron chi connectivity index (χ3n) is 3.80. The van der Waals surface area contributed by atoms with Crippen LogP contribution in [0, 0.1) is 0 Å². The van der Waals surface area contributed by atoms with Crippen LogP contribution in [0.1, 0.15) is 24.8 Å². The van der Waals surface area contributed by atoms with Crippen molar-refractivity contribution in [2.24, 2.45) is 7.05 Å². The first-order chi connectivity index (χ1) is 12.4. The first-order valence-corrected chi connectivity index (χ1v) is 9.57. The summed E-state index contributed by atoms with van der Waals surface area (Å²) < 4.78 is 32.7. The lowest BCUT2D eigenvalue weighted by molar-refractivity contribution is -0.198. The van der Waals surface area contributed by atoms with Crippen LogP contribution in [0.25, 0.3) is 6.08 Å². The van der Waals surface area contributed by atoms with Crippen molar-refractivity contribution < 1.29 is 22.8 Å². The Morgan fingerprint density at radius 2 is 2.27 bits per heavy atom. The van der Waals surface area contributed by atoms with E-state index in [4.69, 9.17) is 9.57 Å². The van der Waals surface area contributed by atoms with Crippen molar-refractivity contribution >= 4 is 22.0 Å². The molecule has 0 saturated carbocycles. The molecule has 0 aromatic carbocycles. The maximum Gasteiger partial charge on any atom is 0.270 e. The molecule has 9 nitrogen and oxygen atoms in total. The number of amides is 1. The van der Waals surface area contributed by atoms with Crippen LogP contribution in [-0.2, 0) is 31.4 Å². The first-order valence-electron chi connectivity index (χ1n) is 8.13. The van der Waals surface area contributed by atoms with Crippen molar-refractivity contribution in [2.45, 2.75) is 30.4 Å². The minimum atomic E-state index is -3.70. The number of carbonyl (C=O) groups excluding carboxylic acids is 1. The number of carbonyl (C=O) groups is 1. The first kappa shape index (κ1) is 18.4. The van der Waals surface area contributed by atoms with Gasteiger partial charge in [-0.1, -0.05) is 0 Å². The quantitative estimate of drug-likeness (QED) is 0.593. The van der Waals surface area contributed by atoms with Crippen molar-refractivity contribution in [2.75, 3.05) is 6.61 Å². The molecule has 0 spiro atoms. The third-order valence-corrected chi connectivity index (χ3v) is 5.39. The lowest BCUT2D eigenvalue weighted by Gasteiger charge is -2.21. The Morgan fingerprint density at radius 3 is 2.96 bits per heavy atom. The van der Waals surface area contributed by atoms with Crippen LogP contribution in [-0.4, -0.2) is 41.0 Å². The molecule has 1 N–H and O–H groups in total. The molecule has 10 heteroatoms. The van der Waals surface area contributed by atoms with Crippen molar-refractivity contribution in [1.82, 2.24) is 19.2 Å². The monoisotopic (exact) mass is 380 g/mol. The maximum atomic E-state index is 12.4. The number of aryl methyl sites for hydroxylation is 1. The van der Waals surface area contributed by atoms with Gasteiger partial charge in [-0.25, -0.2) is 22.7 Å². The second-order valence-electron chi connectivity index (χ2n) is 5.84. The van der Waals surface area contributed by atoms with E-state index in [0.29, 0.717) is 12.2 Å². The van der Waals surface area contributed by atoms with Crippen LogP contribution >= 0.6 is 0 Å². The largest absolute Gasteiger partial charge is 0.350 e. The normalized spacial score (nSPS) is 18.3. The highest BCUT2D eigenvalue weighted by Gasteiger charge is 2.18. The zero-order chi connectivity index (χ0) is 18.6. The average Bonchev–Trinajstić information content (AvgIpc) is 3.29. The van der Waals surface area contributed by atoms with E-state index in [0.717, 1.165) is 23.2 Å². The van der Waals surface area contributed by atoms with Gasteiger partial charge in [-0.05, 0) is 30.5 Å². The third kappa shape index (κ3) is 4.40. The summed E-state index contributed by atoms with van der Waals surface area (Å²) in [7, 11) is -2.06. The molecular weight excluding hydrogens is 360 g/mol. The highest BCUT2D eigenvalue weighted by molar-refractivity contribution is 7.90. The molecule has 0 aliphatic carbocycles. The summed E-state index contributed by atoms with van der Waals surface area (Å²) in [5, 5.41) is 3.87. The minimum absolute atomic E-state index is 0.0877. The van der Waals surface area contributed by atoms with Gasteiger partial charge in [-0.15, -0.1) is 0 Å². The predicted octanol–water partition coefficient (Wildman–Crippen LogP) is 1.05. The van der Waals surface area contributed by atoms with Gasteiger partial charge < -0.3 is 4.74 Å². The summed E-state index contributed by atoms with van der Waals surface area (Å²) in [6.45, 7) is 0.620. The lowest BCUT2D eigenvalue weighted by Crippen LogP contribution is -2.32. The van der Waals surface area contributed by atoms with Crippen molar-refractivity contribution in [1.29, 1.82) is 0 Å². The van der Waals surface area contributed by atoms with Gasteiger partial charge in [0.1, 0.15) is 4.90 Å². The molecule has 1 unspecified atom stereocenters. The van der Waals surface area contributed by atoms with Gasteiger partial charge in [0.05, 0.1) is 6.20 Å².